The van der Waals surface area contributed by atoms with Crippen LogP contribution in [0.2, 0.25) is 0 Å². The van der Waals surface area contributed by atoms with Gasteiger partial charge in [0.05, 0.1) is 11.3 Å². The first-order valence-corrected chi connectivity index (χ1v) is 10.2. The van der Waals surface area contributed by atoms with E-state index < -0.39 is 10.2 Å². The van der Waals surface area contributed by atoms with Crippen molar-refractivity contribution in [3.8, 4) is 5.75 Å². The minimum absolute atomic E-state index is 0.0912. The van der Waals surface area contributed by atoms with Gasteiger partial charge in [0.15, 0.2) is 5.84 Å². The van der Waals surface area contributed by atoms with Crippen molar-refractivity contribution in [3.05, 3.63) is 47.7 Å². The van der Waals surface area contributed by atoms with Gasteiger partial charge in [-0.05, 0) is 43.7 Å². The number of benzene rings is 1. The Balaban J connectivity index is 1.68. The summed E-state index contributed by atoms with van der Waals surface area (Å²) in [5.41, 5.74) is 7.38. The van der Waals surface area contributed by atoms with Crippen LogP contribution in [-0.2, 0) is 16.8 Å². The smallest absolute Gasteiger partial charge is 0.344 e. The zero-order valence-corrected chi connectivity index (χ0v) is 16.8. The molecule has 1 aromatic carbocycles. The van der Waals surface area contributed by atoms with E-state index in [1.807, 2.05) is 33.0 Å². The molecule has 1 aliphatic heterocycles. The lowest BCUT2D eigenvalue weighted by Crippen LogP contribution is -2.44. The second kappa shape index (κ2) is 7.64. The maximum Gasteiger partial charge on any atom is 0.344 e. The van der Waals surface area contributed by atoms with Gasteiger partial charge in [0.25, 0.3) is 0 Å². The van der Waals surface area contributed by atoms with Crippen molar-refractivity contribution < 1.29 is 13.2 Å². The summed E-state index contributed by atoms with van der Waals surface area (Å²) in [5.74, 6) is 1.19. The zero-order chi connectivity index (χ0) is 20.4. The number of anilines is 2. The lowest BCUT2D eigenvalue weighted by molar-refractivity contribution is 0.207. The molecule has 0 saturated carbocycles. The van der Waals surface area contributed by atoms with Crippen LogP contribution in [0.15, 0.2) is 40.9 Å². The third-order valence-electron chi connectivity index (χ3n) is 4.18. The minimum atomic E-state index is -3.82. The predicted octanol–water partition coefficient (Wildman–Crippen LogP) is 1.45. The Bertz CT molecular complexity index is 1000. The van der Waals surface area contributed by atoms with E-state index in [1.165, 1.54) is 0 Å². The van der Waals surface area contributed by atoms with Crippen molar-refractivity contribution in [3.63, 3.8) is 0 Å². The van der Waals surface area contributed by atoms with Crippen molar-refractivity contribution in [1.82, 2.24) is 10.3 Å². The molecule has 0 atom stereocenters. The number of pyridine rings is 1. The number of hydrogen-bond donors (Lipinski definition) is 4. The largest absolute Gasteiger partial charge is 0.491 e. The van der Waals surface area contributed by atoms with Gasteiger partial charge in [-0.3, -0.25) is 4.72 Å². The van der Waals surface area contributed by atoms with Crippen LogP contribution in [0.5, 0.6) is 5.75 Å². The quantitative estimate of drug-likeness (QED) is 0.549. The number of nitrogens with two attached hydrogens (primary N) is 1. The molecule has 1 aromatic heterocycles. The highest BCUT2D eigenvalue weighted by molar-refractivity contribution is 7.91. The normalized spacial score (nSPS) is 15.2. The standard InChI is InChI=1S/C18H24N6O3S/c1-18(2,22-10-12-7-8-21-15(9-12)20-3)11-27-14-6-4-5-13-16(14)17(19)24-28(25,26)23-13/h4-9,22-23H,10-11H2,1-3H3,(H2,19,24)(H,20,21). The number of rotatable bonds is 7. The molecule has 28 heavy (non-hydrogen) atoms. The first-order chi connectivity index (χ1) is 13.2. The van der Waals surface area contributed by atoms with Gasteiger partial charge in [0, 0.05) is 25.3 Å². The summed E-state index contributed by atoms with van der Waals surface area (Å²) in [4.78, 5) is 4.20. The summed E-state index contributed by atoms with van der Waals surface area (Å²) in [7, 11) is -1.99. The Kier molecular flexibility index (Phi) is 5.43. The van der Waals surface area contributed by atoms with E-state index in [4.69, 9.17) is 10.5 Å². The van der Waals surface area contributed by atoms with Crippen molar-refractivity contribution in [2.75, 3.05) is 23.7 Å². The van der Waals surface area contributed by atoms with Crippen molar-refractivity contribution in [1.29, 1.82) is 0 Å². The Morgan fingerprint density at radius 3 is 2.82 bits per heavy atom. The van der Waals surface area contributed by atoms with E-state index >= 15 is 0 Å². The van der Waals surface area contributed by atoms with Crippen LogP contribution in [0.1, 0.15) is 25.0 Å². The Morgan fingerprint density at radius 2 is 2.07 bits per heavy atom. The van der Waals surface area contributed by atoms with Gasteiger partial charge in [-0.2, -0.15) is 8.42 Å². The highest BCUT2D eigenvalue weighted by Gasteiger charge is 2.26. The fraction of sp³-hybridized carbons (Fsp3) is 0.333. The third-order valence-corrected chi connectivity index (χ3v) is 5.09. The molecule has 10 heteroatoms. The van der Waals surface area contributed by atoms with E-state index in [2.05, 4.69) is 24.7 Å². The molecule has 150 valence electrons. The maximum absolute atomic E-state index is 11.7. The molecule has 1 aliphatic rings. The third kappa shape index (κ3) is 4.70. The Hall–Kier alpha value is -2.85. The summed E-state index contributed by atoms with van der Waals surface area (Å²) in [6, 6.07) is 8.97. The maximum atomic E-state index is 11.7. The highest BCUT2D eigenvalue weighted by Crippen LogP contribution is 2.30. The molecule has 0 amide bonds. The van der Waals surface area contributed by atoms with Crippen LogP contribution in [0.3, 0.4) is 0 Å². The molecule has 0 aliphatic carbocycles. The molecule has 2 heterocycles. The molecule has 2 aromatic rings. The van der Waals surface area contributed by atoms with Gasteiger partial charge < -0.3 is 21.1 Å². The van der Waals surface area contributed by atoms with Crippen molar-refractivity contribution in [2.45, 2.75) is 25.9 Å². The molecule has 9 nitrogen and oxygen atoms in total. The summed E-state index contributed by atoms with van der Waals surface area (Å²) in [6.45, 7) is 5.02. The predicted molar refractivity (Wildman–Crippen MR) is 110 cm³/mol. The van der Waals surface area contributed by atoms with Gasteiger partial charge in [0.1, 0.15) is 18.2 Å². The van der Waals surface area contributed by atoms with Crippen LogP contribution < -0.4 is 25.8 Å². The molecule has 0 fully saturated rings. The molecule has 0 radical (unpaired) electrons. The van der Waals surface area contributed by atoms with Gasteiger partial charge >= 0.3 is 10.2 Å². The summed E-state index contributed by atoms with van der Waals surface area (Å²) < 4.78 is 35.2. The first kappa shape index (κ1) is 19.9. The van der Waals surface area contributed by atoms with Gasteiger partial charge in [0.2, 0.25) is 0 Å². The molecule has 0 unspecified atom stereocenters. The van der Waals surface area contributed by atoms with Gasteiger partial charge in [-0.15, -0.1) is 4.40 Å². The van der Waals surface area contributed by atoms with E-state index in [1.54, 1.807) is 24.4 Å². The molecule has 3 rings (SSSR count). The van der Waals surface area contributed by atoms with Crippen LogP contribution >= 0.6 is 0 Å². The fourth-order valence-corrected chi connectivity index (χ4v) is 3.55. The number of amidine groups is 1. The topological polar surface area (TPSA) is 131 Å². The van der Waals surface area contributed by atoms with Crippen molar-refractivity contribution >= 4 is 27.6 Å². The van der Waals surface area contributed by atoms with E-state index in [-0.39, 0.29) is 11.4 Å². The number of aromatic nitrogens is 1. The summed E-state index contributed by atoms with van der Waals surface area (Å²) in [5, 5.41) is 6.46. The fourth-order valence-electron chi connectivity index (χ4n) is 2.71. The highest BCUT2D eigenvalue weighted by atomic mass is 32.2. The molecule has 0 bridgehead atoms. The average molecular weight is 404 g/mol. The molecular weight excluding hydrogens is 380 g/mol. The van der Waals surface area contributed by atoms with Gasteiger partial charge in [-0.1, -0.05) is 6.07 Å². The molecule has 5 N–H and O–H groups in total. The molecule has 0 saturated heterocycles. The Labute approximate surface area is 164 Å². The van der Waals surface area contributed by atoms with Crippen LogP contribution in [-0.4, -0.2) is 38.4 Å². The zero-order valence-electron chi connectivity index (χ0n) is 16.0. The van der Waals surface area contributed by atoms with E-state index in [9.17, 15) is 8.42 Å². The minimum Gasteiger partial charge on any atom is -0.491 e. The lowest BCUT2D eigenvalue weighted by Gasteiger charge is -2.28. The number of nitrogens with one attached hydrogen (secondary N) is 3. The lowest BCUT2D eigenvalue weighted by atomic mass is 10.1. The Morgan fingerprint density at radius 1 is 1.29 bits per heavy atom. The van der Waals surface area contributed by atoms with Crippen LogP contribution in [0.25, 0.3) is 0 Å². The monoisotopic (exact) mass is 404 g/mol. The van der Waals surface area contributed by atoms with E-state index in [0.717, 1.165) is 11.4 Å². The first-order valence-electron chi connectivity index (χ1n) is 8.71. The van der Waals surface area contributed by atoms with Crippen LogP contribution in [0, 0.1) is 0 Å². The van der Waals surface area contributed by atoms with Crippen molar-refractivity contribution in [2.24, 2.45) is 10.1 Å². The average Bonchev–Trinajstić information content (AvgIpc) is 2.64. The van der Waals surface area contributed by atoms with Crippen LogP contribution in [0.4, 0.5) is 11.5 Å². The number of fused-ring (bicyclic) bond motifs is 1. The molecular formula is C18H24N6O3S. The number of ether oxygens (including phenoxy) is 1. The molecule has 0 spiro atoms. The second-order valence-electron chi connectivity index (χ2n) is 7.06. The summed E-state index contributed by atoms with van der Waals surface area (Å²) >= 11 is 0. The SMILES string of the molecule is CNc1cc(CNC(C)(C)COc2cccc3c2C(N)=NS(=O)(=O)N3)ccn1. The number of hydrogen-bond acceptors (Lipinski definition) is 7. The van der Waals surface area contributed by atoms with Gasteiger partial charge in [-0.25, -0.2) is 4.98 Å². The number of nitrogens with zero attached hydrogens (tertiary/aromatic N) is 2. The van der Waals surface area contributed by atoms with E-state index in [0.29, 0.717) is 30.2 Å². The summed E-state index contributed by atoms with van der Waals surface area (Å²) in [6.07, 6.45) is 1.76. The second-order valence-corrected chi connectivity index (χ2v) is 8.39.